The molecule has 0 saturated carbocycles. The summed E-state index contributed by atoms with van der Waals surface area (Å²) in [5, 5.41) is 13.6. The fourth-order valence-electron chi connectivity index (χ4n) is 3.95. The lowest BCUT2D eigenvalue weighted by atomic mass is 9.91. The first-order chi connectivity index (χ1) is 18.8. The Balaban J connectivity index is 1.51. The van der Waals surface area contributed by atoms with Crippen LogP contribution >= 0.6 is 24.4 Å². The molecule has 0 bridgehead atoms. The molecule has 2 amide bonds. The van der Waals surface area contributed by atoms with Crippen LogP contribution in [0.5, 0.6) is 0 Å². The van der Waals surface area contributed by atoms with Crippen LogP contribution in [-0.2, 0) is 9.59 Å². The van der Waals surface area contributed by atoms with E-state index in [0.717, 1.165) is 4.90 Å². The second-order valence-electron chi connectivity index (χ2n) is 8.43. The number of thiocarbonyl (C=S) groups is 2. The SMILES string of the molecule is CC(C(/C=N\NC(=S)Nc1ccccc1F)=N/NC(=S)Nc1ccccc1F)N1C(=O)C2C=CC=CC2C1=O. The van der Waals surface area contributed by atoms with Gasteiger partial charge in [0.25, 0.3) is 0 Å². The minimum atomic E-state index is -0.861. The Labute approximate surface area is 233 Å². The van der Waals surface area contributed by atoms with Crippen molar-refractivity contribution in [2.75, 3.05) is 10.6 Å². The second-order valence-corrected chi connectivity index (χ2v) is 9.25. The maximum Gasteiger partial charge on any atom is 0.237 e. The van der Waals surface area contributed by atoms with E-state index in [0.29, 0.717) is 0 Å². The number of fused-ring (bicyclic) bond motifs is 1. The standard InChI is InChI=1S/C26H23F2N7O2S2/c1-15(35-23(36)16-8-2-3-9-17(16)24(35)37)22(32-34-26(39)31-21-13-7-5-11-19(21)28)14-29-33-25(38)30-20-12-6-4-10-18(20)27/h2-17H,1H3,(H2,30,33,38)(H2,31,34,39)/b29-14-,32-22+. The zero-order valence-corrected chi connectivity index (χ0v) is 22.1. The van der Waals surface area contributed by atoms with Gasteiger partial charge in [0.15, 0.2) is 10.2 Å². The number of nitrogens with zero attached hydrogens (tertiary/aromatic N) is 3. The molecule has 1 fully saturated rings. The van der Waals surface area contributed by atoms with Gasteiger partial charge in [-0.2, -0.15) is 10.2 Å². The molecule has 200 valence electrons. The molecule has 0 radical (unpaired) electrons. The molecule has 2 aromatic carbocycles. The molecule has 3 atom stereocenters. The minimum absolute atomic E-state index is 0.0114. The van der Waals surface area contributed by atoms with Gasteiger partial charge in [0.1, 0.15) is 17.3 Å². The summed E-state index contributed by atoms with van der Waals surface area (Å²) in [4.78, 5) is 27.3. The van der Waals surface area contributed by atoms with Crippen LogP contribution in [0.2, 0.25) is 0 Å². The lowest BCUT2D eigenvalue weighted by Gasteiger charge is -2.23. The summed E-state index contributed by atoms with van der Waals surface area (Å²) >= 11 is 10.4. The second kappa shape index (κ2) is 12.5. The van der Waals surface area contributed by atoms with E-state index in [4.69, 9.17) is 24.4 Å². The molecule has 4 rings (SSSR count). The number of hydrogen-bond donors (Lipinski definition) is 4. The van der Waals surface area contributed by atoms with E-state index in [1.54, 1.807) is 49.4 Å². The van der Waals surface area contributed by atoms with Gasteiger partial charge in [-0.3, -0.25) is 25.3 Å². The van der Waals surface area contributed by atoms with Crippen molar-refractivity contribution >= 4 is 69.8 Å². The molecule has 1 aliphatic carbocycles. The molecule has 0 spiro atoms. The lowest BCUT2D eigenvalue weighted by Crippen LogP contribution is -2.45. The monoisotopic (exact) mass is 567 g/mol. The first-order valence-electron chi connectivity index (χ1n) is 11.7. The van der Waals surface area contributed by atoms with Gasteiger partial charge in [0.05, 0.1) is 35.5 Å². The average molecular weight is 568 g/mol. The number of carbonyl (C=O) groups is 2. The average Bonchev–Trinajstić information content (AvgIpc) is 3.18. The molecule has 2 aliphatic rings. The predicted molar refractivity (Wildman–Crippen MR) is 154 cm³/mol. The van der Waals surface area contributed by atoms with Crippen LogP contribution in [0, 0.1) is 23.5 Å². The van der Waals surface area contributed by atoms with Crippen LogP contribution in [0.15, 0.2) is 83.0 Å². The molecule has 1 aliphatic heterocycles. The van der Waals surface area contributed by atoms with Crippen LogP contribution < -0.4 is 21.5 Å². The molecule has 9 nitrogen and oxygen atoms in total. The van der Waals surface area contributed by atoms with E-state index in [1.807, 2.05) is 0 Å². The molecule has 13 heteroatoms. The number of anilines is 2. The first kappa shape index (κ1) is 27.7. The van der Waals surface area contributed by atoms with E-state index < -0.39 is 29.5 Å². The number of nitrogens with one attached hydrogen (secondary N) is 4. The van der Waals surface area contributed by atoms with Crippen molar-refractivity contribution < 1.29 is 18.4 Å². The first-order valence-corrected chi connectivity index (χ1v) is 12.5. The highest BCUT2D eigenvalue weighted by Crippen LogP contribution is 2.32. The van der Waals surface area contributed by atoms with Gasteiger partial charge in [-0.1, -0.05) is 48.6 Å². The number of allylic oxidation sites excluding steroid dienone is 2. The molecule has 39 heavy (non-hydrogen) atoms. The van der Waals surface area contributed by atoms with Crippen molar-refractivity contribution in [2.24, 2.45) is 22.0 Å². The van der Waals surface area contributed by atoms with Crippen molar-refractivity contribution in [1.82, 2.24) is 15.8 Å². The molecule has 1 saturated heterocycles. The third-order valence-corrected chi connectivity index (χ3v) is 6.28. The van der Waals surface area contributed by atoms with E-state index in [9.17, 15) is 18.4 Å². The van der Waals surface area contributed by atoms with Crippen molar-refractivity contribution in [3.63, 3.8) is 0 Å². The van der Waals surface area contributed by atoms with Crippen LogP contribution in [-0.4, -0.2) is 44.9 Å². The smallest absolute Gasteiger partial charge is 0.237 e. The Morgan fingerprint density at radius 3 is 1.87 bits per heavy atom. The van der Waals surface area contributed by atoms with Crippen molar-refractivity contribution in [3.8, 4) is 0 Å². The quantitative estimate of drug-likeness (QED) is 0.174. The molecule has 0 aromatic heterocycles. The van der Waals surface area contributed by atoms with Gasteiger partial charge in [-0.05, 0) is 55.6 Å². The largest absolute Gasteiger partial charge is 0.329 e. The van der Waals surface area contributed by atoms with Gasteiger partial charge in [0.2, 0.25) is 11.8 Å². The molecule has 3 unspecified atom stereocenters. The van der Waals surface area contributed by atoms with Crippen molar-refractivity contribution in [1.29, 1.82) is 0 Å². The Bertz CT molecular complexity index is 1400. The highest BCUT2D eigenvalue weighted by Gasteiger charge is 2.48. The predicted octanol–water partition coefficient (Wildman–Crippen LogP) is 3.70. The van der Waals surface area contributed by atoms with Crippen LogP contribution in [0.1, 0.15) is 6.92 Å². The molecular formula is C26H23F2N7O2S2. The highest BCUT2D eigenvalue weighted by molar-refractivity contribution is 7.80. The van der Waals surface area contributed by atoms with Crippen LogP contribution in [0.3, 0.4) is 0 Å². The van der Waals surface area contributed by atoms with Gasteiger partial charge < -0.3 is 10.6 Å². The molecular weight excluding hydrogens is 544 g/mol. The van der Waals surface area contributed by atoms with Crippen molar-refractivity contribution in [3.05, 3.63) is 84.5 Å². The lowest BCUT2D eigenvalue weighted by molar-refractivity contribution is -0.140. The third-order valence-electron chi connectivity index (χ3n) is 5.89. The Hall–Kier alpha value is -4.36. The summed E-state index contributed by atoms with van der Waals surface area (Å²) in [6.45, 7) is 1.61. The van der Waals surface area contributed by atoms with E-state index >= 15 is 0 Å². The Morgan fingerprint density at radius 2 is 1.36 bits per heavy atom. The van der Waals surface area contributed by atoms with Gasteiger partial charge in [-0.25, -0.2) is 8.78 Å². The van der Waals surface area contributed by atoms with E-state index in [2.05, 4.69) is 31.7 Å². The zero-order chi connectivity index (χ0) is 27.9. The number of amides is 2. The molecule has 1 heterocycles. The normalized spacial score (nSPS) is 19.2. The highest BCUT2D eigenvalue weighted by atomic mass is 32.1. The number of rotatable bonds is 7. The molecule has 2 aromatic rings. The minimum Gasteiger partial charge on any atom is -0.329 e. The topological polar surface area (TPSA) is 110 Å². The summed E-state index contributed by atoms with van der Waals surface area (Å²) < 4.78 is 27.9. The number of benzene rings is 2. The number of likely N-dealkylation sites (tertiary alicyclic amines) is 1. The summed E-state index contributed by atoms with van der Waals surface area (Å²) in [5.74, 6) is -2.98. The number of imide groups is 1. The fraction of sp³-hybridized carbons (Fsp3) is 0.154. The summed E-state index contributed by atoms with van der Waals surface area (Å²) in [6, 6.07) is 11.0. The number of hydrogen-bond acceptors (Lipinski definition) is 6. The number of hydrazone groups is 2. The summed E-state index contributed by atoms with van der Waals surface area (Å²) in [5.41, 5.74) is 5.54. The summed E-state index contributed by atoms with van der Waals surface area (Å²) in [6.07, 6.45) is 8.05. The van der Waals surface area contributed by atoms with Gasteiger partial charge in [0, 0.05) is 0 Å². The van der Waals surface area contributed by atoms with Crippen molar-refractivity contribution in [2.45, 2.75) is 13.0 Å². The molecule has 4 N–H and O–H groups in total. The van der Waals surface area contributed by atoms with E-state index in [1.165, 1.54) is 36.5 Å². The number of halogens is 2. The Morgan fingerprint density at radius 1 is 0.872 bits per heavy atom. The van der Waals surface area contributed by atoms with Crippen LogP contribution in [0.25, 0.3) is 0 Å². The number of carbonyl (C=O) groups excluding carboxylic acids is 2. The van der Waals surface area contributed by atoms with Gasteiger partial charge in [-0.15, -0.1) is 0 Å². The van der Waals surface area contributed by atoms with Crippen LogP contribution in [0.4, 0.5) is 20.2 Å². The Kier molecular flexibility index (Phi) is 8.84. The van der Waals surface area contributed by atoms with Gasteiger partial charge >= 0.3 is 0 Å². The fourth-order valence-corrected chi connectivity index (χ4v) is 4.27. The van der Waals surface area contributed by atoms with E-state index in [-0.39, 0.29) is 39.1 Å². The zero-order valence-electron chi connectivity index (χ0n) is 20.5. The maximum atomic E-state index is 14.0. The number of para-hydroxylation sites is 2. The summed E-state index contributed by atoms with van der Waals surface area (Å²) in [7, 11) is 0. The maximum absolute atomic E-state index is 14.0. The third kappa shape index (κ3) is 6.56.